The number of hydrogen-bond acceptors (Lipinski definition) is 4. The molecule has 0 amide bonds. The third-order valence-electron chi connectivity index (χ3n) is 5.11. The summed E-state index contributed by atoms with van der Waals surface area (Å²) in [6, 6.07) is 15.3. The third-order valence-corrected chi connectivity index (χ3v) is 10.2. The lowest BCUT2D eigenvalue weighted by atomic mass is 9.98. The number of benzene rings is 3. The van der Waals surface area contributed by atoms with Gasteiger partial charge in [0.25, 0.3) is 0 Å². The van der Waals surface area contributed by atoms with Crippen molar-refractivity contribution in [2.45, 2.75) is 25.2 Å². The summed E-state index contributed by atoms with van der Waals surface area (Å²) in [7, 11) is -9.15. The Morgan fingerprint density at radius 2 is 1.56 bits per heavy atom. The molecule has 0 bridgehead atoms. The summed E-state index contributed by atoms with van der Waals surface area (Å²) in [5.41, 5.74) is 3.20. The number of aryl methyl sites for hydroxylation is 2. The van der Waals surface area contributed by atoms with Gasteiger partial charge in [0.15, 0.2) is 0 Å². The van der Waals surface area contributed by atoms with Crippen LogP contribution in [0.5, 0.6) is 0 Å². The first-order valence-electron chi connectivity index (χ1n) is 8.59. The molecule has 0 unspecified atom stereocenters. The van der Waals surface area contributed by atoms with Crippen LogP contribution in [0.4, 0.5) is 5.69 Å². The minimum atomic E-state index is -4.60. The molecule has 27 heavy (non-hydrogen) atoms. The molecule has 7 heteroatoms. The standard InChI is InChI=1S/C20H19NO4S2/c1-14-7-9-17(10-8-14)26(22,23)27(24,25)21-12-11-19-15(2)18-6-4-3-5-16(18)13-20(19)21/h3-10,13H,11-12H2,1-2H3. The lowest BCUT2D eigenvalue weighted by Gasteiger charge is -2.20. The molecule has 3 aromatic rings. The molecule has 3 aromatic carbocycles. The monoisotopic (exact) mass is 401 g/mol. The molecule has 5 nitrogen and oxygen atoms in total. The van der Waals surface area contributed by atoms with E-state index in [9.17, 15) is 16.8 Å². The van der Waals surface area contributed by atoms with Gasteiger partial charge in [-0.25, -0.2) is 8.42 Å². The summed E-state index contributed by atoms with van der Waals surface area (Å²) in [6.07, 6.45) is 0.495. The Labute approximate surface area is 158 Å². The fraction of sp³-hybridized carbons (Fsp3) is 0.200. The highest BCUT2D eigenvalue weighted by Crippen LogP contribution is 2.39. The third kappa shape index (κ3) is 2.64. The van der Waals surface area contributed by atoms with Crippen molar-refractivity contribution in [1.82, 2.24) is 0 Å². The van der Waals surface area contributed by atoms with E-state index in [0.717, 1.165) is 31.8 Å². The molecule has 4 rings (SSSR count). The van der Waals surface area contributed by atoms with E-state index in [1.54, 1.807) is 18.2 Å². The fourth-order valence-corrected chi connectivity index (χ4v) is 7.51. The number of rotatable bonds is 3. The van der Waals surface area contributed by atoms with Gasteiger partial charge < -0.3 is 0 Å². The smallest absolute Gasteiger partial charge is 0.257 e. The Bertz CT molecular complexity index is 1260. The van der Waals surface area contributed by atoms with Crippen LogP contribution >= 0.6 is 0 Å². The normalized spacial score (nSPS) is 14.5. The van der Waals surface area contributed by atoms with Gasteiger partial charge in [0.2, 0.25) is 0 Å². The van der Waals surface area contributed by atoms with E-state index in [0.29, 0.717) is 12.1 Å². The second-order valence-electron chi connectivity index (χ2n) is 6.77. The van der Waals surface area contributed by atoms with Crippen LogP contribution in [-0.4, -0.2) is 23.4 Å². The van der Waals surface area contributed by atoms with Crippen molar-refractivity contribution in [3.05, 3.63) is 71.3 Å². The van der Waals surface area contributed by atoms with E-state index in [1.165, 1.54) is 12.1 Å². The first-order chi connectivity index (χ1) is 12.7. The van der Waals surface area contributed by atoms with E-state index in [4.69, 9.17) is 0 Å². The summed E-state index contributed by atoms with van der Waals surface area (Å²) in [5.74, 6) is 0. The largest absolute Gasteiger partial charge is 0.346 e. The maximum atomic E-state index is 13.1. The Morgan fingerprint density at radius 1 is 0.889 bits per heavy atom. The van der Waals surface area contributed by atoms with E-state index >= 15 is 0 Å². The zero-order chi connectivity index (χ0) is 19.4. The Kier molecular flexibility index (Phi) is 4.05. The van der Waals surface area contributed by atoms with Crippen molar-refractivity contribution in [3.8, 4) is 0 Å². The Balaban J connectivity index is 1.87. The van der Waals surface area contributed by atoms with Crippen LogP contribution in [0.3, 0.4) is 0 Å². The molecule has 0 saturated carbocycles. The van der Waals surface area contributed by atoms with Crippen molar-refractivity contribution in [2.75, 3.05) is 10.8 Å². The molecule has 1 aliphatic rings. The highest BCUT2D eigenvalue weighted by molar-refractivity contribution is 8.67. The molecular weight excluding hydrogens is 382 g/mol. The maximum absolute atomic E-state index is 13.1. The van der Waals surface area contributed by atoms with Gasteiger partial charge in [-0.1, -0.05) is 42.0 Å². The fourth-order valence-electron chi connectivity index (χ4n) is 3.60. The summed E-state index contributed by atoms with van der Waals surface area (Å²) in [5, 5.41) is 1.94. The molecule has 0 atom stereocenters. The number of anilines is 1. The number of fused-ring (bicyclic) bond motifs is 2. The van der Waals surface area contributed by atoms with E-state index in [1.807, 2.05) is 38.1 Å². The second-order valence-corrected chi connectivity index (χ2v) is 12.0. The topological polar surface area (TPSA) is 71.5 Å². The molecule has 1 aliphatic heterocycles. The molecule has 0 spiro atoms. The molecule has 0 aliphatic carbocycles. The first kappa shape index (κ1) is 18.0. The summed E-state index contributed by atoms with van der Waals surface area (Å²) in [6.45, 7) is 3.89. The Morgan fingerprint density at radius 3 is 2.26 bits per heavy atom. The summed E-state index contributed by atoms with van der Waals surface area (Å²) < 4.78 is 53.0. The van der Waals surface area contributed by atoms with Crippen LogP contribution in [0, 0.1) is 13.8 Å². The lowest BCUT2D eigenvalue weighted by Crippen LogP contribution is -2.35. The lowest BCUT2D eigenvalue weighted by molar-refractivity contribution is 0.580. The predicted octanol–water partition coefficient (Wildman–Crippen LogP) is 3.54. The van der Waals surface area contributed by atoms with Crippen LogP contribution in [0.2, 0.25) is 0 Å². The number of nitrogens with zero attached hydrogens (tertiary/aromatic N) is 1. The molecule has 0 saturated heterocycles. The zero-order valence-electron chi connectivity index (χ0n) is 15.0. The highest BCUT2D eigenvalue weighted by atomic mass is 33.2. The van der Waals surface area contributed by atoms with Crippen LogP contribution in [0.15, 0.2) is 59.5 Å². The summed E-state index contributed by atoms with van der Waals surface area (Å²) in [4.78, 5) is -0.209. The van der Waals surface area contributed by atoms with Gasteiger partial charge >= 0.3 is 17.9 Å². The van der Waals surface area contributed by atoms with Gasteiger partial charge in [-0.2, -0.15) is 8.42 Å². The molecule has 0 aromatic heterocycles. The molecule has 140 valence electrons. The van der Waals surface area contributed by atoms with Gasteiger partial charge in [0, 0.05) is 6.54 Å². The van der Waals surface area contributed by atoms with Crippen molar-refractivity contribution < 1.29 is 16.8 Å². The minimum absolute atomic E-state index is 0.125. The van der Waals surface area contributed by atoms with E-state index in [-0.39, 0.29) is 11.4 Å². The zero-order valence-corrected chi connectivity index (χ0v) is 16.6. The van der Waals surface area contributed by atoms with Crippen LogP contribution < -0.4 is 4.31 Å². The average molecular weight is 402 g/mol. The van der Waals surface area contributed by atoms with Crippen molar-refractivity contribution >= 4 is 34.4 Å². The quantitative estimate of drug-likeness (QED) is 0.630. The van der Waals surface area contributed by atoms with E-state index in [2.05, 4.69) is 0 Å². The number of hydrogen-bond donors (Lipinski definition) is 0. The first-order valence-corrected chi connectivity index (χ1v) is 12.0. The maximum Gasteiger partial charge on any atom is 0.346 e. The Hall–Kier alpha value is -2.38. The molecule has 0 radical (unpaired) electrons. The van der Waals surface area contributed by atoms with Crippen molar-refractivity contribution in [2.24, 2.45) is 0 Å². The molecule has 1 heterocycles. The molecule has 0 fully saturated rings. The van der Waals surface area contributed by atoms with Gasteiger partial charge in [0.05, 0.1) is 10.6 Å². The van der Waals surface area contributed by atoms with Crippen molar-refractivity contribution in [3.63, 3.8) is 0 Å². The molecule has 0 N–H and O–H groups in total. The van der Waals surface area contributed by atoms with Crippen LogP contribution in [-0.2, 0) is 24.3 Å². The molecular formula is C20H19NO4S2. The minimum Gasteiger partial charge on any atom is -0.257 e. The highest BCUT2D eigenvalue weighted by Gasteiger charge is 2.41. The van der Waals surface area contributed by atoms with Gasteiger partial charge in [-0.3, -0.25) is 4.31 Å². The summed E-state index contributed by atoms with van der Waals surface area (Å²) >= 11 is 0. The van der Waals surface area contributed by atoms with Gasteiger partial charge in [-0.15, -0.1) is 0 Å². The van der Waals surface area contributed by atoms with Crippen LogP contribution in [0.1, 0.15) is 16.7 Å². The average Bonchev–Trinajstić information content (AvgIpc) is 3.07. The van der Waals surface area contributed by atoms with Crippen molar-refractivity contribution in [1.29, 1.82) is 0 Å². The predicted molar refractivity (Wildman–Crippen MR) is 107 cm³/mol. The van der Waals surface area contributed by atoms with Gasteiger partial charge in [-0.05, 0) is 60.4 Å². The second kappa shape index (κ2) is 6.07. The SMILES string of the molecule is Cc1ccc(S(=O)(=O)S(=O)(=O)N2CCc3c2cc2ccccc2c3C)cc1. The van der Waals surface area contributed by atoms with E-state index < -0.39 is 17.9 Å². The van der Waals surface area contributed by atoms with Gasteiger partial charge in [0.1, 0.15) is 0 Å². The van der Waals surface area contributed by atoms with Crippen LogP contribution in [0.25, 0.3) is 10.8 Å².